The monoisotopic (exact) mass is 248 g/mol. The molecule has 1 aromatic rings. The van der Waals surface area contributed by atoms with Gasteiger partial charge in [0, 0.05) is 25.8 Å². The fraction of sp³-hybridized carbons (Fsp3) is 0.625. The SMILES string of the molecule is CCCCCCNCCN(C)c1ccc(C)cc1. The quantitative estimate of drug-likeness (QED) is 0.672. The Balaban J connectivity index is 2.10. The van der Waals surface area contributed by atoms with Crippen LogP contribution in [0.15, 0.2) is 24.3 Å². The minimum Gasteiger partial charge on any atom is -0.373 e. The number of aryl methyl sites for hydroxylation is 1. The Morgan fingerprint density at radius 3 is 2.39 bits per heavy atom. The Bertz CT molecular complexity index is 305. The number of hydrogen-bond acceptors (Lipinski definition) is 2. The maximum Gasteiger partial charge on any atom is 0.0364 e. The Morgan fingerprint density at radius 2 is 1.72 bits per heavy atom. The summed E-state index contributed by atoms with van der Waals surface area (Å²) in [6.45, 7) is 7.67. The summed E-state index contributed by atoms with van der Waals surface area (Å²) in [6.07, 6.45) is 5.35. The first kappa shape index (κ1) is 15.0. The molecule has 1 rings (SSSR count). The number of nitrogens with one attached hydrogen (secondary N) is 1. The van der Waals surface area contributed by atoms with Crippen LogP contribution in [0.4, 0.5) is 5.69 Å². The molecule has 0 amide bonds. The van der Waals surface area contributed by atoms with Crippen LogP contribution in [0.5, 0.6) is 0 Å². The lowest BCUT2D eigenvalue weighted by Gasteiger charge is -2.19. The summed E-state index contributed by atoms with van der Waals surface area (Å²) >= 11 is 0. The van der Waals surface area contributed by atoms with Crippen molar-refractivity contribution in [2.75, 3.05) is 31.6 Å². The van der Waals surface area contributed by atoms with Gasteiger partial charge in [0.1, 0.15) is 0 Å². The normalized spacial score (nSPS) is 10.6. The maximum atomic E-state index is 3.51. The third kappa shape index (κ3) is 6.06. The van der Waals surface area contributed by atoms with Crippen molar-refractivity contribution < 1.29 is 0 Å². The Morgan fingerprint density at radius 1 is 1.00 bits per heavy atom. The van der Waals surface area contributed by atoms with Gasteiger partial charge in [-0.05, 0) is 32.0 Å². The highest BCUT2D eigenvalue weighted by Crippen LogP contribution is 2.12. The van der Waals surface area contributed by atoms with Crippen molar-refractivity contribution in [1.29, 1.82) is 0 Å². The van der Waals surface area contributed by atoms with E-state index in [1.165, 1.54) is 36.9 Å². The molecule has 0 unspecified atom stereocenters. The Hall–Kier alpha value is -1.02. The van der Waals surface area contributed by atoms with Crippen molar-refractivity contribution >= 4 is 5.69 Å². The first-order valence-corrected chi connectivity index (χ1v) is 7.22. The second-order valence-electron chi connectivity index (χ2n) is 5.07. The molecule has 0 fully saturated rings. The average molecular weight is 248 g/mol. The van der Waals surface area contributed by atoms with Crippen LogP contribution >= 0.6 is 0 Å². The van der Waals surface area contributed by atoms with Gasteiger partial charge in [-0.2, -0.15) is 0 Å². The van der Waals surface area contributed by atoms with E-state index in [0.29, 0.717) is 0 Å². The van der Waals surface area contributed by atoms with Crippen LogP contribution in [0.25, 0.3) is 0 Å². The van der Waals surface area contributed by atoms with Gasteiger partial charge in [0.05, 0.1) is 0 Å². The van der Waals surface area contributed by atoms with Crippen LogP contribution in [0, 0.1) is 6.92 Å². The van der Waals surface area contributed by atoms with Crippen molar-refractivity contribution in [2.45, 2.75) is 39.5 Å². The molecule has 0 aromatic heterocycles. The van der Waals surface area contributed by atoms with Gasteiger partial charge >= 0.3 is 0 Å². The highest BCUT2D eigenvalue weighted by atomic mass is 15.1. The van der Waals surface area contributed by atoms with Gasteiger partial charge in [-0.25, -0.2) is 0 Å². The topological polar surface area (TPSA) is 15.3 Å². The van der Waals surface area contributed by atoms with Gasteiger partial charge in [-0.15, -0.1) is 0 Å². The Labute approximate surface area is 112 Å². The van der Waals surface area contributed by atoms with Crippen LogP contribution in [-0.4, -0.2) is 26.7 Å². The van der Waals surface area contributed by atoms with E-state index in [4.69, 9.17) is 0 Å². The van der Waals surface area contributed by atoms with Gasteiger partial charge in [0.25, 0.3) is 0 Å². The molecule has 1 aromatic carbocycles. The molecule has 0 atom stereocenters. The molecule has 2 nitrogen and oxygen atoms in total. The van der Waals surface area contributed by atoms with Crippen molar-refractivity contribution in [3.8, 4) is 0 Å². The molecule has 0 heterocycles. The maximum absolute atomic E-state index is 3.51. The number of hydrogen-bond donors (Lipinski definition) is 1. The molecule has 2 heteroatoms. The Kier molecular flexibility index (Phi) is 7.51. The van der Waals surface area contributed by atoms with Gasteiger partial charge in [0.2, 0.25) is 0 Å². The standard InChI is InChI=1S/C16H28N2/c1-4-5-6-7-12-17-13-14-18(3)16-10-8-15(2)9-11-16/h8-11,17H,4-7,12-14H2,1-3H3. The highest BCUT2D eigenvalue weighted by molar-refractivity contribution is 5.46. The van der Waals surface area contributed by atoms with E-state index in [2.05, 4.69) is 55.4 Å². The predicted octanol–water partition coefficient (Wildman–Crippen LogP) is 3.60. The smallest absolute Gasteiger partial charge is 0.0364 e. The van der Waals surface area contributed by atoms with Gasteiger partial charge < -0.3 is 10.2 Å². The molecule has 0 spiro atoms. The minimum atomic E-state index is 1.07. The number of benzene rings is 1. The van der Waals surface area contributed by atoms with E-state index in [-0.39, 0.29) is 0 Å². The molecular formula is C16H28N2. The van der Waals surface area contributed by atoms with Crippen LogP contribution < -0.4 is 10.2 Å². The number of nitrogens with zero attached hydrogens (tertiary/aromatic N) is 1. The van der Waals surface area contributed by atoms with E-state index in [1.54, 1.807) is 0 Å². The lowest BCUT2D eigenvalue weighted by atomic mass is 10.2. The fourth-order valence-electron chi connectivity index (χ4n) is 1.98. The van der Waals surface area contributed by atoms with Crippen LogP contribution in [0.3, 0.4) is 0 Å². The third-order valence-electron chi connectivity index (χ3n) is 3.31. The number of rotatable bonds is 9. The molecule has 102 valence electrons. The summed E-state index contributed by atoms with van der Waals surface area (Å²) < 4.78 is 0. The number of likely N-dealkylation sites (N-methyl/N-ethyl adjacent to an activating group) is 1. The fourth-order valence-corrected chi connectivity index (χ4v) is 1.98. The van der Waals surface area contributed by atoms with Crippen LogP contribution in [0.2, 0.25) is 0 Å². The van der Waals surface area contributed by atoms with Crippen LogP contribution in [-0.2, 0) is 0 Å². The van der Waals surface area contributed by atoms with Gasteiger partial charge in [-0.3, -0.25) is 0 Å². The molecular weight excluding hydrogens is 220 g/mol. The zero-order valence-electron chi connectivity index (χ0n) is 12.2. The first-order valence-electron chi connectivity index (χ1n) is 7.22. The molecule has 0 saturated carbocycles. The molecule has 0 aliphatic rings. The molecule has 18 heavy (non-hydrogen) atoms. The summed E-state index contributed by atoms with van der Waals surface area (Å²) in [5, 5.41) is 3.51. The average Bonchev–Trinajstić information content (AvgIpc) is 2.38. The predicted molar refractivity (Wildman–Crippen MR) is 81.5 cm³/mol. The molecule has 1 N–H and O–H groups in total. The zero-order valence-corrected chi connectivity index (χ0v) is 12.2. The van der Waals surface area contributed by atoms with Gasteiger partial charge in [0.15, 0.2) is 0 Å². The molecule has 0 saturated heterocycles. The van der Waals surface area contributed by atoms with Crippen molar-refractivity contribution in [1.82, 2.24) is 5.32 Å². The van der Waals surface area contributed by atoms with Crippen molar-refractivity contribution in [3.05, 3.63) is 29.8 Å². The largest absolute Gasteiger partial charge is 0.373 e. The molecule has 0 radical (unpaired) electrons. The van der Waals surface area contributed by atoms with E-state index >= 15 is 0 Å². The minimum absolute atomic E-state index is 1.07. The molecule has 0 aliphatic carbocycles. The summed E-state index contributed by atoms with van der Waals surface area (Å²) in [5.74, 6) is 0. The third-order valence-corrected chi connectivity index (χ3v) is 3.31. The first-order chi connectivity index (χ1) is 8.74. The molecule has 0 bridgehead atoms. The van der Waals surface area contributed by atoms with Crippen molar-refractivity contribution in [2.24, 2.45) is 0 Å². The second-order valence-corrected chi connectivity index (χ2v) is 5.07. The lowest BCUT2D eigenvalue weighted by Crippen LogP contribution is -2.29. The highest BCUT2D eigenvalue weighted by Gasteiger charge is 1.99. The molecule has 0 aliphatic heterocycles. The summed E-state index contributed by atoms with van der Waals surface area (Å²) in [5.41, 5.74) is 2.62. The second kappa shape index (κ2) is 8.98. The van der Waals surface area contributed by atoms with E-state index in [0.717, 1.165) is 19.6 Å². The van der Waals surface area contributed by atoms with Gasteiger partial charge in [-0.1, -0.05) is 43.9 Å². The summed E-state index contributed by atoms with van der Waals surface area (Å²) in [4.78, 5) is 2.30. The van der Waals surface area contributed by atoms with Crippen LogP contribution in [0.1, 0.15) is 38.2 Å². The summed E-state index contributed by atoms with van der Waals surface area (Å²) in [7, 11) is 2.16. The van der Waals surface area contributed by atoms with E-state index in [9.17, 15) is 0 Å². The summed E-state index contributed by atoms with van der Waals surface area (Å²) in [6, 6.07) is 8.72. The number of anilines is 1. The van der Waals surface area contributed by atoms with Crippen molar-refractivity contribution in [3.63, 3.8) is 0 Å². The lowest BCUT2D eigenvalue weighted by molar-refractivity contribution is 0.598. The zero-order chi connectivity index (χ0) is 13.2. The van der Waals surface area contributed by atoms with E-state index in [1.807, 2.05) is 0 Å². The number of unbranched alkanes of at least 4 members (excludes halogenated alkanes) is 3. The van der Waals surface area contributed by atoms with E-state index < -0.39 is 0 Å².